The fourth-order valence-electron chi connectivity index (χ4n) is 5.58. The molecule has 3 aliphatic rings. The summed E-state index contributed by atoms with van der Waals surface area (Å²) in [6.45, 7) is 5.70. The lowest BCUT2D eigenvalue weighted by Gasteiger charge is -2.36. The second kappa shape index (κ2) is 9.19. The van der Waals surface area contributed by atoms with Crippen LogP contribution in [0.5, 0.6) is 5.75 Å². The quantitative estimate of drug-likeness (QED) is 0.762. The van der Waals surface area contributed by atoms with Gasteiger partial charge >= 0.3 is 0 Å². The average molecular weight is 399 g/mol. The number of piperidine rings is 1. The van der Waals surface area contributed by atoms with Crippen molar-refractivity contribution in [2.75, 3.05) is 32.8 Å². The summed E-state index contributed by atoms with van der Waals surface area (Å²) in [5, 5.41) is 0. The van der Waals surface area contributed by atoms with Gasteiger partial charge in [-0.15, -0.1) is 0 Å². The van der Waals surface area contributed by atoms with Crippen molar-refractivity contribution in [1.29, 1.82) is 0 Å². The minimum atomic E-state index is 0.178. The number of amides is 2. The zero-order valence-electron chi connectivity index (χ0n) is 17.6. The first kappa shape index (κ1) is 20.2. The molecule has 29 heavy (non-hydrogen) atoms. The van der Waals surface area contributed by atoms with E-state index in [2.05, 4.69) is 4.90 Å². The van der Waals surface area contributed by atoms with E-state index in [0.717, 1.165) is 57.6 Å². The molecule has 2 amide bonds. The van der Waals surface area contributed by atoms with Crippen LogP contribution in [0.15, 0.2) is 30.3 Å². The van der Waals surface area contributed by atoms with Crippen LogP contribution in [0.1, 0.15) is 45.4 Å². The molecule has 0 spiro atoms. The summed E-state index contributed by atoms with van der Waals surface area (Å²) in [5.74, 6) is 3.10. The Morgan fingerprint density at radius 2 is 1.66 bits per heavy atom. The van der Waals surface area contributed by atoms with Gasteiger partial charge in [0.25, 0.3) is 0 Å². The maximum absolute atomic E-state index is 13.1. The number of ether oxygens (including phenoxy) is 1. The highest BCUT2D eigenvalue weighted by Crippen LogP contribution is 2.38. The first-order valence-corrected chi connectivity index (χ1v) is 11.3. The van der Waals surface area contributed by atoms with Crippen molar-refractivity contribution >= 4 is 11.8 Å². The molecule has 5 nitrogen and oxygen atoms in total. The van der Waals surface area contributed by atoms with Crippen LogP contribution >= 0.6 is 0 Å². The Morgan fingerprint density at radius 3 is 2.31 bits per heavy atom. The lowest BCUT2D eigenvalue weighted by atomic mass is 9.78. The molecule has 3 fully saturated rings. The molecule has 0 aromatic heterocycles. The number of para-hydroxylation sites is 1. The zero-order valence-corrected chi connectivity index (χ0v) is 17.6. The van der Waals surface area contributed by atoms with E-state index < -0.39 is 0 Å². The Balaban J connectivity index is 1.42. The molecular formula is C24H34N2O3. The van der Waals surface area contributed by atoms with E-state index in [1.54, 1.807) is 6.92 Å². The van der Waals surface area contributed by atoms with Gasteiger partial charge in [0.1, 0.15) is 5.75 Å². The topological polar surface area (TPSA) is 49.9 Å². The molecule has 1 saturated carbocycles. The third kappa shape index (κ3) is 4.76. The molecule has 0 radical (unpaired) electrons. The highest BCUT2D eigenvalue weighted by atomic mass is 16.5. The van der Waals surface area contributed by atoms with Crippen molar-refractivity contribution in [3.63, 3.8) is 0 Å². The Bertz CT molecular complexity index is 693. The minimum absolute atomic E-state index is 0.178. The summed E-state index contributed by atoms with van der Waals surface area (Å²) in [6, 6.07) is 9.98. The molecule has 5 heteroatoms. The predicted octanol–water partition coefficient (Wildman–Crippen LogP) is 3.59. The van der Waals surface area contributed by atoms with Gasteiger partial charge in [-0.2, -0.15) is 0 Å². The van der Waals surface area contributed by atoms with Crippen molar-refractivity contribution < 1.29 is 14.3 Å². The van der Waals surface area contributed by atoms with E-state index in [0.29, 0.717) is 30.3 Å². The molecule has 158 valence electrons. The Morgan fingerprint density at radius 1 is 0.966 bits per heavy atom. The molecule has 1 aromatic carbocycles. The number of hydrogen-bond donors (Lipinski definition) is 0. The number of rotatable bonds is 5. The lowest BCUT2D eigenvalue weighted by molar-refractivity contribution is -0.134. The van der Waals surface area contributed by atoms with E-state index in [4.69, 9.17) is 4.74 Å². The number of carbonyl (C=O) groups is 2. The zero-order chi connectivity index (χ0) is 20.2. The van der Waals surface area contributed by atoms with Gasteiger partial charge < -0.3 is 14.5 Å². The van der Waals surface area contributed by atoms with Crippen LogP contribution in [-0.4, -0.2) is 54.4 Å². The molecule has 2 heterocycles. The third-order valence-electron chi connectivity index (χ3n) is 7.31. The maximum Gasteiger partial charge on any atom is 0.225 e. The summed E-state index contributed by atoms with van der Waals surface area (Å²) in [6.07, 6.45) is 6.58. The molecule has 2 aliphatic heterocycles. The molecule has 0 bridgehead atoms. The molecule has 1 aliphatic carbocycles. The van der Waals surface area contributed by atoms with Crippen LogP contribution in [0.25, 0.3) is 0 Å². The van der Waals surface area contributed by atoms with E-state index in [-0.39, 0.29) is 11.8 Å². The fourth-order valence-corrected chi connectivity index (χ4v) is 5.58. The van der Waals surface area contributed by atoms with Crippen molar-refractivity contribution in [2.45, 2.75) is 45.4 Å². The lowest BCUT2D eigenvalue weighted by Crippen LogP contribution is -2.41. The molecule has 1 aromatic rings. The molecule has 2 unspecified atom stereocenters. The minimum Gasteiger partial charge on any atom is -0.493 e. The van der Waals surface area contributed by atoms with Gasteiger partial charge in [-0.25, -0.2) is 0 Å². The number of carbonyl (C=O) groups excluding carboxylic acids is 2. The van der Waals surface area contributed by atoms with Gasteiger partial charge in [-0.05, 0) is 49.7 Å². The van der Waals surface area contributed by atoms with Gasteiger partial charge in [-0.1, -0.05) is 31.0 Å². The Kier molecular flexibility index (Phi) is 6.41. The SMILES string of the molecule is CC(=O)N1CCC(C2CN(C(=O)C3CCCC3)CC2COc2ccccc2)CC1. The first-order chi connectivity index (χ1) is 14.1. The van der Waals surface area contributed by atoms with Crippen LogP contribution in [0.3, 0.4) is 0 Å². The standard InChI is InChI=1S/C24H34N2O3/c1-18(27)25-13-11-19(12-14-25)23-16-26(24(28)20-7-5-6-8-20)15-21(23)17-29-22-9-3-2-4-10-22/h2-4,9-10,19-21,23H,5-8,11-17H2,1H3. The van der Waals surface area contributed by atoms with E-state index in [9.17, 15) is 9.59 Å². The Hall–Kier alpha value is -2.04. The highest BCUT2D eigenvalue weighted by molar-refractivity contribution is 5.79. The first-order valence-electron chi connectivity index (χ1n) is 11.3. The summed E-state index contributed by atoms with van der Waals surface area (Å²) >= 11 is 0. The number of likely N-dealkylation sites (tertiary alicyclic amines) is 2. The largest absolute Gasteiger partial charge is 0.493 e. The van der Waals surface area contributed by atoms with E-state index in [1.807, 2.05) is 35.2 Å². The third-order valence-corrected chi connectivity index (χ3v) is 7.31. The normalized spacial score (nSPS) is 26.1. The summed E-state index contributed by atoms with van der Waals surface area (Å²) in [4.78, 5) is 28.9. The second-order valence-electron chi connectivity index (χ2n) is 9.12. The number of nitrogens with zero attached hydrogens (tertiary/aromatic N) is 2. The van der Waals surface area contributed by atoms with Crippen molar-refractivity contribution in [2.24, 2.45) is 23.7 Å². The molecule has 0 N–H and O–H groups in total. The van der Waals surface area contributed by atoms with Crippen LogP contribution < -0.4 is 4.74 Å². The second-order valence-corrected chi connectivity index (χ2v) is 9.12. The maximum atomic E-state index is 13.1. The van der Waals surface area contributed by atoms with Crippen molar-refractivity contribution in [3.8, 4) is 5.75 Å². The molecule has 2 saturated heterocycles. The van der Waals surface area contributed by atoms with Crippen LogP contribution in [0.4, 0.5) is 0 Å². The van der Waals surface area contributed by atoms with Crippen LogP contribution in [0, 0.1) is 23.7 Å². The number of benzene rings is 1. The molecular weight excluding hydrogens is 364 g/mol. The van der Waals surface area contributed by atoms with Crippen LogP contribution in [-0.2, 0) is 9.59 Å². The van der Waals surface area contributed by atoms with Crippen molar-refractivity contribution in [3.05, 3.63) is 30.3 Å². The van der Waals surface area contributed by atoms with Crippen molar-refractivity contribution in [1.82, 2.24) is 9.80 Å². The smallest absolute Gasteiger partial charge is 0.225 e. The average Bonchev–Trinajstić information content (AvgIpc) is 3.43. The summed E-state index contributed by atoms with van der Waals surface area (Å²) < 4.78 is 6.12. The van der Waals surface area contributed by atoms with Gasteiger partial charge in [0, 0.05) is 44.9 Å². The summed E-state index contributed by atoms with van der Waals surface area (Å²) in [5.41, 5.74) is 0. The molecule has 2 atom stereocenters. The Labute approximate surface area is 174 Å². The fraction of sp³-hybridized carbons (Fsp3) is 0.667. The predicted molar refractivity (Wildman–Crippen MR) is 112 cm³/mol. The monoisotopic (exact) mass is 398 g/mol. The highest BCUT2D eigenvalue weighted by Gasteiger charge is 2.42. The van der Waals surface area contributed by atoms with Crippen LogP contribution in [0.2, 0.25) is 0 Å². The van der Waals surface area contributed by atoms with Gasteiger partial charge in [0.15, 0.2) is 0 Å². The van der Waals surface area contributed by atoms with Gasteiger partial charge in [0.05, 0.1) is 6.61 Å². The van der Waals surface area contributed by atoms with E-state index >= 15 is 0 Å². The van der Waals surface area contributed by atoms with Gasteiger partial charge in [-0.3, -0.25) is 9.59 Å². The molecule has 4 rings (SSSR count). The number of hydrogen-bond acceptors (Lipinski definition) is 3. The van der Waals surface area contributed by atoms with E-state index in [1.165, 1.54) is 12.8 Å². The summed E-state index contributed by atoms with van der Waals surface area (Å²) in [7, 11) is 0. The van der Waals surface area contributed by atoms with Gasteiger partial charge in [0.2, 0.25) is 11.8 Å².